The van der Waals surface area contributed by atoms with Gasteiger partial charge in [0.2, 0.25) is 0 Å². The zero-order valence-electron chi connectivity index (χ0n) is 17.0. The molecular weight excluding hydrogens is 412 g/mol. The lowest BCUT2D eigenvalue weighted by Crippen LogP contribution is -2.50. The van der Waals surface area contributed by atoms with E-state index in [4.69, 9.17) is 11.6 Å². The molecule has 0 radical (unpaired) electrons. The van der Waals surface area contributed by atoms with Gasteiger partial charge in [-0.05, 0) is 23.8 Å². The van der Waals surface area contributed by atoms with E-state index >= 15 is 0 Å². The van der Waals surface area contributed by atoms with Gasteiger partial charge in [0, 0.05) is 57.5 Å². The highest BCUT2D eigenvalue weighted by atomic mass is 35.5. The van der Waals surface area contributed by atoms with Crippen LogP contribution in [0.1, 0.15) is 17.3 Å². The smallest absolute Gasteiger partial charge is 0.252 e. The van der Waals surface area contributed by atoms with Crippen LogP contribution in [0.15, 0.2) is 73.3 Å². The number of hydrogen-bond donors (Lipinski definition) is 0. The Bertz CT molecular complexity index is 1170. The SMILES string of the molecule is O=C(C(c1ccccc1)n1cccn1)N1CCN(Cc2cn3cc(Cl)ccc3n2)CC1. The molecule has 4 aromatic rings. The zero-order chi connectivity index (χ0) is 21.2. The van der Waals surface area contributed by atoms with Crippen molar-refractivity contribution in [3.05, 3.63) is 89.6 Å². The van der Waals surface area contributed by atoms with Crippen LogP contribution in [0.3, 0.4) is 0 Å². The second-order valence-corrected chi connectivity index (χ2v) is 8.18. The Labute approximate surface area is 185 Å². The molecule has 1 fully saturated rings. The Hall–Kier alpha value is -3.16. The lowest BCUT2D eigenvalue weighted by Gasteiger charge is -2.36. The molecule has 1 saturated heterocycles. The highest BCUT2D eigenvalue weighted by Crippen LogP contribution is 2.21. The van der Waals surface area contributed by atoms with E-state index in [0.717, 1.165) is 36.5 Å². The number of nitrogens with zero attached hydrogens (tertiary/aromatic N) is 6. The molecule has 1 unspecified atom stereocenters. The second kappa shape index (κ2) is 8.53. The summed E-state index contributed by atoms with van der Waals surface area (Å²) in [6.07, 6.45) is 7.44. The fraction of sp³-hybridized carbons (Fsp3) is 0.261. The molecule has 0 N–H and O–H groups in total. The van der Waals surface area contributed by atoms with Crippen LogP contribution in [-0.2, 0) is 11.3 Å². The molecular formula is C23H23ClN6O. The lowest BCUT2D eigenvalue weighted by atomic mass is 10.1. The summed E-state index contributed by atoms with van der Waals surface area (Å²) < 4.78 is 3.69. The molecule has 8 heteroatoms. The van der Waals surface area contributed by atoms with Crippen LogP contribution in [0.4, 0.5) is 0 Å². The van der Waals surface area contributed by atoms with Crippen molar-refractivity contribution < 1.29 is 4.79 Å². The van der Waals surface area contributed by atoms with E-state index in [1.54, 1.807) is 10.9 Å². The quantitative estimate of drug-likeness (QED) is 0.484. The van der Waals surface area contributed by atoms with Crippen molar-refractivity contribution in [1.82, 2.24) is 29.0 Å². The average molecular weight is 435 g/mol. The number of benzene rings is 1. The monoisotopic (exact) mass is 434 g/mol. The van der Waals surface area contributed by atoms with Crippen LogP contribution in [0, 0.1) is 0 Å². The van der Waals surface area contributed by atoms with Crippen LogP contribution >= 0.6 is 11.6 Å². The summed E-state index contributed by atoms with van der Waals surface area (Å²) in [5.41, 5.74) is 2.83. The fourth-order valence-electron chi connectivity index (χ4n) is 4.10. The third kappa shape index (κ3) is 4.19. The number of carbonyl (C=O) groups is 1. The first-order valence-electron chi connectivity index (χ1n) is 10.4. The Morgan fingerprint density at radius 2 is 1.81 bits per heavy atom. The van der Waals surface area contributed by atoms with E-state index in [1.807, 2.05) is 76.4 Å². The minimum Gasteiger partial charge on any atom is -0.338 e. The molecule has 5 rings (SSSR count). The van der Waals surface area contributed by atoms with Gasteiger partial charge in [0.05, 0.1) is 10.7 Å². The van der Waals surface area contributed by atoms with Gasteiger partial charge in [-0.1, -0.05) is 41.9 Å². The second-order valence-electron chi connectivity index (χ2n) is 7.75. The van der Waals surface area contributed by atoms with Gasteiger partial charge in [0.1, 0.15) is 5.65 Å². The lowest BCUT2D eigenvalue weighted by molar-refractivity contribution is -0.135. The van der Waals surface area contributed by atoms with E-state index in [2.05, 4.69) is 15.0 Å². The topological polar surface area (TPSA) is 58.7 Å². The maximum absolute atomic E-state index is 13.4. The minimum absolute atomic E-state index is 0.0805. The molecule has 0 spiro atoms. The first-order valence-corrected chi connectivity index (χ1v) is 10.7. The number of imidazole rings is 1. The molecule has 1 aliphatic rings. The summed E-state index contributed by atoms with van der Waals surface area (Å²) in [6, 6.07) is 15.0. The normalized spacial score (nSPS) is 16.0. The van der Waals surface area contributed by atoms with Crippen LogP contribution in [0.25, 0.3) is 5.65 Å². The largest absolute Gasteiger partial charge is 0.338 e. The Balaban J connectivity index is 1.26. The van der Waals surface area contributed by atoms with Crippen molar-refractivity contribution in [2.24, 2.45) is 0 Å². The van der Waals surface area contributed by atoms with Gasteiger partial charge in [0.15, 0.2) is 6.04 Å². The molecule has 7 nitrogen and oxygen atoms in total. The van der Waals surface area contributed by atoms with Gasteiger partial charge in [-0.3, -0.25) is 14.4 Å². The molecule has 158 valence electrons. The van der Waals surface area contributed by atoms with Gasteiger partial charge in [-0.15, -0.1) is 0 Å². The Morgan fingerprint density at radius 3 is 2.55 bits per heavy atom. The van der Waals surface area contributed by atoms with Crippen LogP contribution in [0.5, 0.6) is 0 Å². The maximum Gasteiger partial charge on any atom is 0.252 e. The van der Waals surface area contributed by atoms with Crippen molar-refractivity contribution >= 4 is 23.2 Å². The molecule has 1 amide bonds. The summed E-state index contributed by atoms with van der Waals surface area (Å²) >= 11 is 6.07. The standard InChI is InChI=1S/C23H23ClN6O/c24-19-7-8-21-26-20(17-29(21)15-19)16-27-11-13-28(14-12-27)23(31)22(30-10-4-9-25-30)18-5-2-1-3-6-18/h1-10,15,17,22H,11-14,16H2. The van der Waals surface area contributed by atoms with E-state index in [9.17, 15) is 4.79 Å². The fourth-order valence-corrected chi connectivity index (χ4v) is 4.27. The van der Waals surface area contributed by atoms with Crippen molar-refractivity contribution in [3.63, 3.8) is 0 Å². The summed E-state index contributed by atoms with van der Waals surface area (Å²) in [7, 11) is 0. The molecule has 1 atom stereocenters. The van der Waals surface area contributed by atoms with Crippen molar-refractivity contribution in [3.8, 4) is 0 Å². The number of carbonyl (C=O) groups excluding carboxylic acids is 1. The van der Waals surface area contributed by atoms with Gasteiger partial charge >= 0.3 is 0 Å². The van der Waals surface area contributed by atoms with E-state index in [0.29, 0.717) is 18.1 Å². The number of halogens is 1. The summed E-state index contributed by atoms with van der Waals surface area (Å²) in [5, 5.41) is 5.03. The third-order valence-electron chi connectivity index (χ3n) is 5.67. The number of amides is 1. The van der Waals surface area contributed by atoms with Crippen molar-refractivity contribution in [2.75, 3.05) is 26.2 Å². The van der Waals surface area contributed by atoms with Crippen LogP contribution in [-0.4, -0.2) is 61.1 Å². The van der Waals surface area contributed by atoms with E-state index in [-0.39, 0.29) is 5.91 Å². The predicted octanol–water partition coefficient (Wildman–Crippen LogP) is 3.12. The molecule has 0 bridgehead atoms. The first kappa shape index (κ1) is 19.8. The third-order valence-corrected chi connectivity index (χ3v) is 5.90. The molecule has 1 aliphatic heterocycles. The molecule has 3 aromatic heterocycles. The van der Waals surface area contributed by atoms with Gasteiger partial charge in [-0.25, -0.2) is 4.98 Å². The molecule has 0 aliphatic carbocycles. The minimum atomic E-state index is -0.439. The molecule has 0 saturated carbocycles. The zero-order valence-corrected chi connectivity index (χ0v) is 17.8. The highest BCUT2D eigenvalue weighted by Gasteiger charge is 2.30. The number of aromatic nitrogens is 4. The Morgan fingerprint density at radius 1 is 1.00 bits per heavy atom. The van der Waals surface area contributed by atoms with Gasteiger partial charge in [-0.2, -0.15) is 5.10 Å². The Kier molecular flexibility index (Phi) is 5.44. The predicted molar refractivity (Wildman–Crippen MR) is 119 cm³/mol. The number of piperazine rings is 1. The van der Waals surface area contributed by atoms with Gasteiger partial charge < -0.3 is 9.30 Å². The van der Waals surface area contributed by atoms with Crippen molar-refractivity contribution in [2.45, 2.75) is 12.6 Å². The summed E-state index contributed by atoms with van der Waals surface area (Å²) in [4.78, 5) is 22.4. The number of rotatable bonds is 5. The highest BCUT2D eigenvalue weighted by molar-refractivity contribution is 6.30. The number of hydrogen-bond acceptors (Lipinski definition) is 4. The van der Waals surface area contributed by atoms with Crippen LogP contribution < -0.4 is 0 Å². The molecule has 4 heterocycles. The van der Waals surface area contributed by atoms with E-state index in [1.165, 1.54) is 0 Å². The summed E-state index contributed by atoms with van der Waals surface area (Å²) in [5.74, 6) is 0.0805. The number of pyridine rings is 1. The molecule has 31 heavy (non-hydrogen) atoms. The van der Waals surface area contributed by atoms with E-state index < -0.39 is 6.04 Å². The molecule has 1 aromatic carbocycles. The average Bonchev–Trinajstić information content (AvgIpc) is 3.45. The van der Waals surface area contributed by atoms with Crippen molar-refractivity contribution in [1.29, 1.82) is 0 Å². The maximum atomic E-state index is 13.4. The number of fused-ring (bicyclic) bond motifs is 1. The van der Waals surface area contributed by atoms with Gasteiger partial charge in [0.25, 0.3) is 5.91 Å². The summed E-state index contributed by atoms with van der Waals surface area (Å²) in [6.45, 7) is 3.73. The van der Waals surface area contributed by atoms with Crippen LogP contribution in [0.2, 0.25) is 5.02 Å². The first-order chi connectivity index (χ1) is 15.2.